The molecule has 1 fully saturated rings. The zero-order valence-electron chi connectivity index (χ0n) is 9.94. The predicted molar refractivity (Wildman–Crippen MR) is 80.1 cm³/mol. The van der Waals surface area contributed by atoms with Crippen LogP contribution in [0.1, 0.15) is 29.3 Å². The van der Waals surface area contributed by atoms with Crippen molar-refractivity contribution in [1.29, 1.82) is 0 Å². The normalized spacial score (nSPS) is 18.3. The maximum Gasteiger partial charge on any atom is 0.0681 e. The fourth-order valence-corrected chi connectivity index (χ4v) is 3.30. The summed E-state index contributed by atoms with van der Waals surface area (Å²) < 4.78 is 1.10. The minimum atomic E-state index is 0.0630. The van der Waals surface area contributed by atoms with Gasteiger partial charge in [0.15, 0.2) is 0 Å². The van der Waals surface area contributed by atoms with E-state index in [-0.39, 0.29) is 10.8 Å². The van der Waals surface area contributed by atoms with E-state index in [1.807, 2.05) is 0 Å². The van der Waals surface area contributed by atoms with Gasteiger partial charge in [-0.05, 0) is 36.1 Å². The van der Waals surface area contributed by atoms with Crippen molar-refractivity contribution in [3.05, 3.63) is 70.2 Å². The monoisotopic (exact) mass is 320 g/mol. The van der Waals surface area contributed by atoms with Crippen LogP contribution in [-0.4, -0.2) is 0 Å². The topological polar surface area (TPSA) is 0 Å². The van der Waals surface area contributed by atoms with Crippen LogP contribution in [0.25, 0.3) is 0 Å². The number of rotatable bonds is 3. The first-order valence-electron chi connectivity index (χ1n) is 6.17. The van der Waals surface area contributed by atoms with E-state index in [0.29, 0.717) is 0 Å². The Kier molecular flexibility index (Phi) is 3.21. The van der Waals surface area contributed by atoms with Crippen LogP contribution in [0.2, 0.25) is 0 Å². The van der Waals surface area contributed by atoms with Crippen molar-refractivity contribution in [2.45, 2.75) is 23.6 Å². The van der Waals surface area contributed by atoms with Crippen molar-refractivity contribution in [3.8, 4) is 0 Å². The van der Waals surface area contributed by atoms with Gasteiger partial charge in [-0.2, -0.15) is 0 Å². The fraction of sp³-hybridized carbons (Fsp3) is 0.250. The summed E-state index contributed by atoms with van der Waals surface area (Å²) in [5, 5.41) is 0.0630. The van der Waals surface area contributed by atoms with E-state index in [2.05, 4.69) is 70.5 Å². The van der Waals surface area contributed by atoms with E-state index >= 15 is 0 Å². The molecule has 92 valence electrons. The average Bonchev–Trinajstić information content (AvgIpc) is 3.21. The Hall–Kier alpha value is -0.790. The Balaban J connectivity index is 1.93. The van der Waals surface area contributed by atoms with Crippen LogP contribution < -0.4 is 0 Å². The first-order valence-corrected chi connectivity index (χ1v) is 7.40. The molecule has 0 radical (unpaired) electrons. The zero-order chi connectivity index (χ0) is 12.6. The second kappa shape index (κ2) is 4.71. The lowest BCUT2D eigenvalue weighted by Gasteiger charge is -2.22. The smallest absolute Gasteiger partial charge is 0.0681 e. The van der Waals surface area contributed by atoms with Gasteiger partial charge < -0.3 is 0 Å². The minimum Gasteiger partial charge on any atom is -0.117 e. The predicted octanol–water partition coefficient (Wildman–Crippen LogP) is 5.46. The van der Waals surface area contributed by atoms with Crippen LogP contribution in [0, 0.1) is 0 Å². The molecule has 0 heterocycles. The van der Waals surface area contributed by atoms with Gasteiger partial charge in [-0.25, -0.2) is 0 Å². The quantitative estimate of drug-likeness (QED) is 0.658. The lowest BCUT2D eigenvalue weighted by atomic mass is 9.88. The SMILES string of the molecule is ClC(c1ccc(Br)cc1)C1(c2ccccc2)CC1. The molecule has 2 aromatic carbocycles. The molecule has 0 amide bonds. The summed E-state index contributed by atoms with van der Waals surface area (Å²) in [6.45, 7) is 0. The molecule has 1 saturated carbocycles. The Morgan fingerprint density at radius 2 is 1.56 bits per heavy atom. The maximum absolute atomic E-state index is 6.73. The van der Waals surface area contributed by atoms with Gasteiger partial charge in [-0.1, -0.05) is 58.4 Å². The lowest BCUT2D eigenvalue weighted by molar-refractivity contribution is 0.662. The van der Waals surface area contributed by atoms with Gasteiger partial charge in [0.25, 0.3) is 0 Å². The van der Waals surface area contributed by atoms with E-state index < -0.39 is 0 Å². The molecule has 2 heteroatoms. The van der Waals surface area contributed by atoms with Gasteiger partial charge in [-0.15, -0.1) is 11.6 Å². The molecular formula is C16H14BrCl. The van der Waals surface area contributed by atoms with Crippen LogP contribution >= 0.6 is 27.5 Å². The van der Waals surface area contributed by atoms with Crippen molar-refractivity contribution in [1.82, 2.24) is 0 Å². The van der Waals surface area contributed by atoms with Gasteiger partial charge in [0.1, 0.15) is 0 Å². The maximum atomic E-state index is 6.73. The summed E-state index contributed by atoms with van der Waals surface area (Å²) in [7, 11) is 0. The standard InChI is InChI=1S/C16H14BrCl/c17-14-8-6-12(7-9-14)15(18)16(10-11-16)13-4-2-1-3-5-13/h1-9,15H,10-11H2. The Bertz CT molecular complexity index is 529. The molecule has 1 atom stereocenters. The summed E-state index contributed by atoms with van der Waals surface area (Å²) >= 11 is 10.2. The zero-order valence-corrected chi connectivity index (χ0v) is 12.3. The van der Waals surface area contributed by atoms with Gasteiger partial charge in [0.05, 0.1) is 5.38 Å². The molecule has 2 aromatic rings. The molecule has 0 nitrogen and oxygen atoms in total. The number of benzene rings is 2. The molecule has 0 saturated heterocycles. The third-order valence-corrected chi connectivity index (χ3v) is 4.98. The fourth-order valence-electron chi connectivity index (χ4n) is 2.54. The molecule has 0 bridgehead atoms. The third kappa shape index (κ3) is 2.10. The van der Waals surface area contributed by atoms with Crippen LogP contribution in [-0.2, 0) is 5.41 Å². The van der Waals surface area contributed by atoms with E-state index in [1.165, 1.54) is 24.0 Å². The van der Waals surface area contributed by atoms with Crippen molar-refractivity contribution >= 4 is 27.5 Å². The summed E-state index contributed by atoms with van der Waals surface area (Å²) in [6.07, 6.45) is 2.36. The highest BCUT2D eigenvalue weighted by atomic mass is 79.9. The summed E-state index contributed by atoms with van der Waals surface area (Å²) in [5.41, 5.74) is 2.73. The first-order chi connectivity index (χ1) is 8.72. The van der Waals surface area contributed by atoms with Crippen molar-refractivity contribution in [2.75, 3.05) is 0 Å². The number of halogens is 2. The van der Waals surface area contributed by atoms with Crippen LogP contribution in [0.3, 0.4) is 0 Å². The van der Waals surface area contributed by atoms with E-state index in [0.717, 1.165) is 4.47 Å². The third-order valence-electron chi connectivity index (χ3n) is 3.79. The first kappa shape index (κ1) is 12.3. The molecule has 18 heavy (non-hydrogen) atoms. The van der Waals surface area contributed by atoms with Crippen LogP contribution in [0.4, 0.5) is 0 Å². The number of hydrogen-bond acceptors (Lipinski definition) is 0. The molecule has 0 N–H and O–H groups in total. The van der Waals surface area contributed by atoms with Crippen molar-refractivity contribution in [2.24, 2.45) is 0 Å². The molecule has 1 aliphatic rings. The summed E-state index contributed by atoms with van der Waals surface area (Å²) in [4.78, 5) is 0. The highest BCUT2D eigenvalue weighted by molar-refractivity contribution is 9.10. The van der Waals surface area contributed by atoms with Gasteiger partial charge >= 0.3 is 0 Å². The number of hydrogen-bond donors (Lipinski definition) is 0. The van der Waals surface area contributed by atoms with Gasteiger partial charge in [0, 0.05) is 9.89 Å². The average molecular weight is 322 g/mol. The molecule has 3 rings (SSSR count). The van der Waals surface area contributed by atoms with Crippen LogP contribution in [0.5, 0.6) is 0 Å². The minimum absolute atomic E-state index is 0.0630. The largest absolute Gasteiger partial charge is 0.117 e. The number of alkyl halides is 1. The Morgan fingerprint density at radius 1 is 0.944 bits per heavy atom. The Labute approximate surface area is 121 Å². The lowest BCUT2D eigenvalue weighted by Crippen LogP contribution is -2.13. The van der Waals surface area contributed by atoms with E-state index in [1.54, 1.807) is 0 Å². The second-order valence-electron chi connectivity index (χ2n) is 4.94. The van der Waals surface area contributed by atoms with E-state index in [4.69, 9.17) is 11.6 Å². The Morgan fingerprint density at radius 3 is 2.11 bits per heavy atom. The molecule has 0 spiro atoms. The molecule has 0 aliphatic heterocycles. The summed E-state index contributed by atoms with van der Waals surface area (Å²) in [5.74, 6) is 0. The van der Waals surface area contributed by atoms with Gasteiger partial charge in [-0.3, -0.25) is 0 Å². The highest BCUT2D eigenvalue weighted by Crippen LogP contribution is 2.59. The molecule has 1 aliphatic carbocycles. The summed E-state index contributed by atoms with van der Waals surface area (Å²) in [6, 6.07) is 19.0. The molecule has 1 unspecified atom stereocenters. The highest BCUT2D eigenvalue weighted by Gasteiger charge is 2.50. The molecular weight excluding hydrogens is 308 g/mol. The van der Waals surface area contributed by atoms with Crippen molar-refractivity contribution < 1.29 is 0 Å². The molecule has 0 aromatic heterocycles. The van der Waals surface area contributed by atoms with Crippen molar-refractivity contribution in [3.63, 3.8) is 0 Å². The van der Waals surface area contributed by atoms with Crippen LogP contribution in [0.15, 0.2) is 59.1 Å². The van der Waals surface area contributed by atoms with Gasteiger partial charge in [0.2, 0.25) is 0 Å². The van der Waals surface area contributed by atoms with E-state index in [9.17, 15) is 0 Å². The second-order valence-corrected chi connectivity index (χ2v) is 6.29.